The smallest absolute Gasteiger partial charge is 0.261 e. The number of amides is 2. The number of carbonyl (C=O) groups excluding carboxylic acids is 2. The number of hydrogen-bond donors (Lipinski definition) is 2. The molecule has 6 nitrogen and oxygen atoms in total. The first-order valence-corrected chi connectivity index (χ1v) is 9.37. The van der Waals surface area contributed by atoms with Crippen molar-refractivity contribution in [1.29, 1.82) is 0 Å². The standard InChI is InChI=1S/C17H25N3O3S/c1-11-3-4-14(24-11)16(21)19-13-5-8-20(9-6-13)17(22)15-12(2)23-10-7-18-15/h3-4,12-13,15,18H,5-10H2,1-2H3,(H,19,21)/t12-,15+/m1/s1. The molecule has 132 valence electrons. The van der Waals surface area contributed by atoms with Gasteiger partial charge in [0.15, 0.2) is 0 Å². The third-order valence-corrected chi connectivity index (χ3v) is 5.69. The predicted molar refractivity (Wildman–Crippen MR) is 93.3 cm³/mol. The summed E-state index contributed by atoms with van der Waals surface area (Å²) in [4.78, 5) is 28.6. The Morgan fingerprint density at radius 2 is 2.08 bits per heavy atom. The van der Waals surface area contributed by atoms with E-state index in [1.807, 2.05) is 30.9 Å². The van der Waals surface area contributed by atoms with Crippen LogP contribution in [0.25, 0.3) is 0 Å². The average molecular weight is 351 g/mol. The van der Waals surface area contributed by atoms with Crippen molar-refractivity contribution < 1.29 is 14.3 Å². The fourth-order valence-electron chi connectivity index (χ4n) is 3.26. The summed E-state index contributed by atoms with van der Waals surface area (Å²) in [5, 5.41) is 6.34. The molecule has 0 bridgehead atoms. The lowest BCUT2D eigenvalue weighted by atomic mass is 10.0. The van der Waals surface area contributed by atoms with Crippen molar-refractivity contribution in [3.8, 4) is 0 Å². The fourth-order valence-corrected chi connectivity index (χ4v) is 4.03. The fraction of sp³-hybridized carbons (Fsp3) is 0.647. The van der Waals surface area contributed by atoms with Gasteiger partial charge in [-0.2, -0.15) is 0 Å². The minimum absolute atomic E-state index is 0.00570. The molecule has 0 radical (unpaired) electrons. The lowest BCUT2D eigenvalue weighted by molar-refractivity contribution is -0.140. The molecule has 0 spiro atoms. The molecule has 2 aliphatic rings. The van der Waals surface area contributed by atoms with Gasteiger partial charge in [-0.1, -0.05) is 0 Å². The number of ether oxygens (including phenoxy) is 1. The summed E-state index contributed by atoms with van der Waals surface area (Å²) in [7, 11) is 0. The van der Waals surface area contributed by atoms with Crippen LogP contribution in [0.3, 0.4) is 0 Å². The van der Waals surface area contributed by atoms with Crippen LogP contribution >= 0.6 is 11.3 Å². The van der Waals surface area contributed by atoms with E-state index in [9.17, 15) is 9.59 Å². The van der Waals surface area contributed by atoms with E-state index in [1.54, 1.807) is 0 Å². The monoisotopic (exact) mass is 351 g/mol. The van der Waals surface area contributed by atoms with Gasteiger partial charge in [-0.3, -0.25) is 9.59 Å². The second-order valence-corrected chi connectivity index (χ2v) is 7.78. The summed E-state index contributed by atoms with van der Waals surface area (Å²) in [6, 6.07) is 3.71. The molecule has 2 saturated heterocycles. The number of hydrogen-bond acceptors (Lipinski definition) is 5. The topological polar surface area (TPSA) is 70.7 Å². The molecule has 2 atom stereocenters. The molecule has 3 heterocycles. The van der Waals surface area contributed by atoms with Gasteiger partial charge < -0.3 is 20.3 Å². The van der Waals surface area contributed by atoms with Gasteiger partial charge in [0.05, 0.1) is 17.6 Å². The highest BCUT2D eigenvalue weighted by molar-refractivity contribution is 7.13. The molecule has 0 unspecified atom stereocenters. The Labute approximate surface area is 146 Å². The number of nitrogens with zero attached hydrogens (tertiary/aromatic N) is 1. The van der Waals surface area contributed by atoms with Crippen molar-refractivity contribution in [1.82, 2.24) is 15.5 Å². The largest absolute Gasteiger partial charge is 0.375 e. The van der Waals surface area contributed by atoms with Crippen LogP contribution in [0.2, 0.25) is 0 Å². The van der Waals surface area contributed by atoms with E-state index in [-0.39, 0.29) is 30.0 Å². The van der Waals surface area contributed by atoms with Crippen LogP contribution in [0.1, 0.15) is 34.3 Å². The number of aryl methyl sites for hydroxylation is 1. The summed E-state index contributed by atoms with van der Waals surface area (Å²) in [6.45, 7) is 6.66. The van der Waals surface area contributed by atoms with E-state index in [0.29, 0.717) is 26.2 Å². The highest BCUT2D eigenvalue weighted by Crippen LogP contribution is 2.18. The maximum atomic E-state index is 12.6. The number of morpholine rings is 1. The molecule has 2 fully saturated rings. The summed E-state index contributed by atoms with van der Waals surface area (Å²) in [5.41, 5.74) is 0. The third-order valence-electron chi connectivity index (χ3n) is 4.69. The van der Waals surface area contributed by atoms with Crippen LogP contribution < -0.4 is 10.6 Å². The van der Waals surface area contributed by atoms with Gasteiger partial charge in [-0.05, 0) is 38.8 Å². The lowest BCUT2D eigenvalue weighted by Gasteiger charge is -2.37. The molecule has 0 saturated carbocycles. The van der Waals surface area contributed by atoms with Crippen LogP contribution in [-0.2, 0) is 9.53 Å². The van der Waals surface area contributed by atoms with Gasteiger partial charge in [-0.15, -0.1) is 11.3 Å². The summed E-state index contributed by atoms with van der Waals surface area (Å²) >= 11 is 1.51. The number of carbonyl (C=O) groups is 2. The maximum absolute atomic E-state index is 12.6. The molecule has 0 aliphatic carbocycles. The SMILES string of the molecule is Cc1ccc(C(=O)NC2CCN(C(=O)[C@H]3NCCO[C@@H]3C)CC2)s1. The van der Waals surface area contributed by atoms with Gasteiger partial charge >= 0.3 is 0 Å². The molecule has 24 heavy (non-hydrogen) atoms. The molecule has 1 aromatic heterocycles. The van der Waals surface area contributed by atoms with E-state index in [4.69, 9.17) is 4.74 Å². The minimum atomic E-state index is -0.251. The Hall–Kier alpha value is -1.44. The molecule has 0 aromatic carbocycles. The summed E-state index contributed by atoms with van der Waals surface area (Å²) in [5.74, 6) is 0.106. The Bertz CT molecular complexity index is 596. The van der Waals surface area contributed by atoms with Crippen molar-refractivity contribution in [2.45, 2.75) is 44.9 Å². The van der Waals surface area contributed by atoms with Gasteiger partial charge in [0.1, 0.15) is 6.04 Å². The van der Waals surface area contributed by atoms with Crippen molar-refractivity contribution in [3.05, 3.63) is 21.9 Å². The Balaban J connectivity index is 1.48. The Kier molecular flexibility index (Phi) is 5.53. The zero-order valence-corrected chi connectivity index (χ0v) is 15.0. The van der Waals surface area contributed by atoms with Crippen LogP contribution in [-0.4, -0.2) is 61.1 Å². The quantitative estimate of drug-likeness (QED) is 0.857. The van der Waals surface area contributed by atoms with Crippen LogP contribution in [0, 0.1) is 6.92 Å². The molecule has 2 aliphatic heterocycles. The second kappa shape index (κ2) is 7.63. The van der Waals surface area contributed by atoms with E-state index in [0.717, 1.165) is 22.6 Å². The highest BCUT2D eigenvalue weighted by Gasteiger charge is 2.33. The zero-order valence-electron chi connectivity index (χ0n) is 14.2. The van der Waals surface area contributed by atoms with Gasteiger partial charge in [0, 0.05) is 30.6 Å². The Morgan fingerprint density at radius 1 is 1.33 bits per heavy atom. The van der Waals surface area contributed by atoms with Crippen LogP contribution in [0.4, 0.5) is 0 Å². The van der Waals surface area contributed by atoms with Crippen molar-refractivity contribution in [3.63, 3.8) is 0 Å². The van der Waals surface area contributed by atoms with Crippen LogP contribution in [0.15, 0.2) is 12.1 Å². The van der Waals surface area contributed by atoms with E-state index < -0.39 is 0 Å². The molecule has 2 amide bonds. The molecule has 7 heteroatoms. The molecular formula is C17H25N3O3S. The van der Waals surface area contributed by atoms with E-state index in [2.05, 4.69) is 10.6 Å². The highest BCUT2D eigenvalue weighted by atomic mass is 32.1. The van der Waals surface area contributed by atoms with Crippen LogP contribution in [0.5, 0.6) is 0 Å². The van der Waals surface area contributed by atoms with E-state index in [1.165, 1.54) is 11.3 Å². The first-order chi connectivity index (χ1) is 11.5. The van der Waals surface area contributed by atoms with E-state index >= 15 is 0 Å². The average Bonchev–Trinajstić information content (AvgIpc) is 3.02. The zero-order chi connectivity index (χ0) is 17.1. The van der Waals surface area contributed by atoms with Crippen molar-refractivity contribution >= 4 is 23.2 Å². The molecule has 1 aromatic rings. The maximum Gasteiger partial charge on any atom is 0.261 e. The molecule has 2 N–H and O–H groups in total. The number of piperidine rings is 1. The lowest BCUT2D eigenvalue weighted by Crippen LogP contribution is -2.58. The molecule has 3 rings (SSSR count). The van der Waals surface area contributed by atoms with Gasteiger partial charge in [0.2, 0.25) is 5.91 Å². The minimum Gasteiger partial charge on any atom is -0.375 e. The first kappa shape index (κ1) is 17.4. The number of likely N-dealkylation sites (tertiary alicyclic amines) is 1. The Morgan fingerprint density at radius 3 is 2.71 bits per heavy atom. The second-order valence-electron chi connectivity index (χ2n) is 6.49. The number of thiophene rings is 1. The number of rotatable bonds is 3. The predicted octanol–water partition coefficient (Wildman–Crippen LogP) is 1.15. The molecular weight excluding hydrogens is 326 g/mol. The third kappa shape index (κ3) is 3.96. The number of nitrogens with one attached hydrogen (secondary N) is 2. The first-order valence-electron chi connectivity index (χ1n) is 8.55. The van der Waals surface area contributed by atoms with Crippen molar-refractivity contribution in [2.75, 3.05) is 26.2 Å². The van der Waals surface area contributed by atoms with Gasteiger partial charge in [-0.25, -0.2) is 0 Å². The normalized spacial score (nSPS) is 25.5. The van der Waals surface area contributed by atoms with Crippen molar-refractivity contribution in [2.24, 2.45) is 0 Å². The summed E-state index contributed by atoms with van der Waals surface area (Å²) in [6.07, 6.45) is 1.50. The summed E-state index contributed by atoms with van der Waals surface area (Å²) < 4.78 is 5.56. The van der Waals surface area contributed by atoms with Gasteiger partial charge in [0.25, 0.3) is 5.91 Å².